The van der Waals surface area contributed by atoms with Crippen molar-refractivity contribution in [3.05, 3.63) is 30.3 Å². The zero-order chi connectivity index (χ0) is 16.0. The molecular weight excluding hydrogens is 287 g/mol. The summed E-state index contributed by atoms with van der Waals surface area (Å²) in [6.45, 7) is 2.78. The van der Waals surface area contributed by atoms with Crippen LogP contribution >= 0.6 is 8.60 Å². The Hall–Kier alpha value is -0.790. The molecule has 0 radical (unpaired) electrons. The van der Waals surface area contributed by atoms with Crippen LogP contribution in [-0.4, -0.2) is 55.6 Å². The van der Waals surface area contributed by atoms with Crippen LogP contribution < -0.4 is 4.52 Å². The van der Waals surface area contributed by atoms with Crippen molar-refractivity contribution >= 4 is 8.60 Å². The van der Waals surface area contributed by atoms with Crippen molar-refractivity contribution < 1.29 is 34.7 Å². The highest BCUT2D eigenvalue weighted by atomic mass is 31.2. The second-order valence-electron chi connectivity index (χ2n) is 3.72. The average molecular weight is 310 g/mol. The number of aliphatic hydroxyl groups is 4. The Bertz CT molecular complexity index is 285. The van der Waals surface area contributed by atoms with Gasteiger partial charge in [-0.15, -0.1) is 0 Å². The van der Waals surface area contributed by atoms with Crippen LogP contribution in [0.4, 0.5) is 0 Å². The van der Waals surface area contributed by atoms with E-state index in [1.807, 2.05) is 6.07 Å². The Balaban J connectivity index is 0. The van der Waals surface area contributed by atoms with Gasteiger partial charge in [0.05, 0.1) is 25.4 Å². The standard InChI is InChI=1S/C6H7O3P.2C3H8O2/c7-10(8)9-6-4-2-1-3-5-6;2*1-3(5)2-4/h1-5,7-8H;2*3-5H,2H2,1H3. The number of benzene rings is 1. The van der Waals surface area contributed by atoms with Crippen molar-refractivity contribution in [3.8, 4) is 5.75 Å². The Labute approximate surface area is 119 Å². The van der Waals surface area contributed by atoms with Gasteiger partial charge in [-0.3, -0.25) is 0 Å². The van der Waals surface area contributed by atoms with E-state index in [9.17, 15) is 0 Å². The third kappa shape index (κ3) is 19.5. The maximum absolute atomic E-state index is 8.40. The summed E-state index contributed by atoms with van der Waals surface area (Å²) in [5.74, 6) is 0.471. The van der Waals surface area contributed by atoms with Crippen molar-refractivity contribution in [2.24, 2.45) is 0 Å². The number of para-hydroxylation sites is 1. The summed E-state index contributed by atoms with van der Waals surface area (Å²) < 4.78 is 4.59. The monoisotopic (exact) mass is 310 g/mol. The molecular formula is C12H23O7P. The molecule has 0 saturated heterocycles. The van der Waals surface area contributed by atoms with Gasteiger partial charge in [-0.1, -0.05) is 18.2 Å². The fraction of sp³-hybridized carbons (Fsp3) is 0.500. The van der Waals surface area contributed by atoms with Crippen molar-refractivity contribution in [1.29, 1.82) is 0 Å². The first kappa shape index (κ1) is 21.5. The van der Waals surface area contributed by atoms with Crippen LogP contribution in [-0.2, 0) is 0 Å². The molecule has 0 aliphatic heterocycles. The fourth-order valence-electron chi connectivity index (χ4n) is 0.576. The smallest absolute Gasteiger partial charge is 0.391 e. The highest BCUT2D eigenvalue weighted by molar-refractivity contribution is 7.39. The normalized spacial score (nSPS) is 12.4. The highest BCUT2D eigenvalue weighted by Gasteiger charge is 1.99. The van der Waals surface area contributed by atoms with Gasteiger partial charge in [-0.2, -0.15) is 0 Å². The molecule has 0 bridgehead atoms. The molecule has 0 fully saturated rings. The highest BCUT2D eigenvalue weighted by Crippen LogP contribution is 2.27. The second kappa shape index (κ2) is 14.6. The number of hydrogen-bond acceptors (Lipinski definition) is 7. The Kier molecular flexibility index (Phi) is 15.7. The van der Waals surface area contributed by atoms with Gasteiger partial charge in [0, 0.05) is 0 Å². The van der Waals surface area contributed by atoms with Crippen LogP contribution in [0.3, 0.4) is 0 Å². The molecule has 2 unspecified atom stereocenters. The van der Waals surface area contributed by atoms with Crippen molar-refractivity contribution in [3.63, 3.8) is 0 Å². The summed E-state index contributed by atoms with van der Waals surface area (Å²) in [6, 6.07) is 8.65. The minimum atomic E-state index is -2.28. The lowest BCUT2D eigenvalue weighted by molar-refractivity contribution is 0.110. The molecule has 1 rings (SSSR count). The molecule has 0 spiro atoms. The first-order chi connectivity index (χ1) is 9.33. The molecule has 118 valence electrons. The Morgan fingerprint density at radius 3 is 1.55 bits per heavy atom. The lowest BCUT2D eigenvalue weighted by atomic mass is 10.3. The van der Waals surface area contributed by atoms with E-state index in [-0.39, 0.29) is 13.2 Å². The fourth-order valence-corrected chi connectivity index (χ4v) is 0.886. The van der Waals surface area contributed by atoms with Crippen molar-refractivity contribution in [2.45, 2.75) is 26.1 Å². The zero-order valence-electron chi connectivity index (χ0n) is 11.5. The molecule has 1 aromatic rings. The van der Waals surface area contributed by atoms with Gasteiger partial charge in [0.1, 0.15) is 5.75 Å². The van der Waals surface area contributed by atoms with Gasteiger partial charge in [0.2, 0.25) is 0 Å². The summed E-state index contributed by atoms with van der Waals surface area (Å²) in [4.78, 5) is 16.8. The molecule has 20 heavy (non-hydrogen) atoms. The van der Waals surface area contributed by atoms with E-state index in [0.717, 1.165) is 0 Å². The van der Waals surface area contributed by atoms with E-state index in [1.54, 1.807) is 24.3 Å². The van der Waals surface area contributed by atoms with Gasteiger partial charge in [-0.05, 0) is 26.0 Å². The third-order valence-corrected chi connectivity index (χ3v) is 1.83. The van der Waals surface area contributed by atoms with Crippen molar-refractivity contribution in [2.75, 3.05) is 13.2 Å². The lowest BCUT2D eigenvalue weighted by Crippen LogP contribution is -2.03. The maximum Gasteiger partial charge on any atom is 0.391 e. The topological polar surface area (TPSA) is 131 Å². The van der Waals surface area contributed by atoms with E-state index < -0.39 is 20.8 Å². The molecule has 0 aliphatic rings. The summed E-state index contributed by atoms with van der Waals surface area (Å²) >= 11 is 0. The molecule has 0 aromatic heterocycles. The predicted octanol–water partition coefficient (Wildman–Crippen LogP) is -0.00410. The second-order valence-corrected chi connectivity index (χ2v) is 4.41. The van der Waals surface area contributed by atoms with Gasteiger partial charge in [-0.25, -0.2) is 0 Å². The van der Waals surface area contributed by atoms with E-state index in [1.165, 1.54) is 13.8 Å². The molecule has 1 aromatic carbocycles. The van der Waals surface area contributed by atoms with Gasteiger partial charge >= 0.3 is 8.60 Å². The molecule has 0 heterocycles. The van der Waals surface area contributed by atoms with Crippen LogP contribution in [0.1, 0.15) is 13.8 Å². The number of rotatable bonds is 4. The van der Waals surface area contributed by atoms with Crippen LogP contribution in [0, 0.1) is 0 Å². The first-order valence-corrected chi connectivity index (χ1v) is 6.98. The van der Waals surface area contributed by atoms with Gasteiger partial charge < -0.3 is 34.7 Å². The average Bonchev–Trinajstić information content (AvgIpc) is 2.40. The molecule has 7 nitrogen and oxygen atoms in total. The minimum absolute atomic E-state index is 0.139. The van der Waals surface area contributed by atoms with E-state index in [4.69, 9.17) is 30.2 Å². The van der Waals surface area contributed by atoms with Crippen molar-refractivity contribution in [1.82, 2.24) is 0 Å². The lowest BCUT2D eigenvalue weighted by Gasteiger charge is -2.02. The summed E-state index contributed by atoms with van der Waals surface area (Å²) in [7, 11) is -2.28. The molecule has 0 aliphatic carbocycles. The maximum atomic E-state index is 8.40. The Morgan fingerprint density at radius 1 is 0.950 bits per heavy atom. The molecule has 2 atom stereocenters. The van der Waals surface area contributed by atoms with E-state index in [2.05, 4.69) is 4.52 Å². The summed E-state index contributed by atoms with van der Waals surface area (Å²) in [5, 5.41) is 32.0. The quantitative estimate of drug-likeness (QED) is 0.431. The predicted molar refractivity (Wildman–Crippen MR) is 76.0 cm³/mol. The number of hydrogen-bond donors (Lipinski definition) is 6. The van der Waals surface area contributed by atoms with E-state index >= 15 is 0 Å². The van der Waals surface area contributed by atoms with Crippen LogP contribution in [0.5, 0.6) is 5.75 Å². The zero-order valence-corrected chi connectivity index (χ0v) is 12.4. The van der Waals surface area contributed by atoms with Gasteiger partial charge in [0.25, 0.3) is 0 Å². The summed E-state index contributed by atoms with van der Waals surface area (Å²) in [5.41, 5.74) is 0. The van der Waals surface area contributed by atoms with E-state index in [0.29, 0.717) is 5.75 Å². The molecule has 0 amide bonds. The summed E-state index contributed by atoms with van der Waals surface area (Å²) in [6.07, 6.45) is -1.12. The van der Waals surface area contributed by atoms with Crippen LogP contribution in [0.25, 0.3) is 0 Å². The third-order valence-electron chi connectivity index (χ3n) is 1.46. The van der Waals surface area contributed by atoms with Crippen LogP contribution in [0.2, 0.25) is 0 Å². The largest absolute Gasteiger partial charge is 0.427 e. The minimum Gasteiger partial charge on any atom is -0.427 e. The van der Waals surface area contributed by atoms with Gasteiger partial charge in [0.15, 0.2) is 0 Å². The number of aliphatic hydroxyl groups excluding tert-OH is 4. The molecule has 0 saturated carbocycles. The first-order valence-electron chi connectivity index (χ1n) is 5.82. The SMILES string of the molecule is CC(O)CO.CC(O)CO.OP(O)Oc1ccccc1. The molecule has 6 N–H and O–H groups in total. The Morgan fingerprint density at radius 2 is 1.30 bits per heavy atom. The van der Waals surface area contributed by atoms with Crippen LogP contribution in [0.15, 0.2) is 30.3 Å². The molecule has 8 heteroatoms.